The number of aryl methyl sites for hydroxylation is 1. The van der Waals surface area contributed by atoms with E-state index in [1.807, 2.05) is 0 Å². The molecule has 1 rings (SSSR count). The summed E-state index contributed by atoms with van der Waals surface area (Å²) in [5.41, 5.74) is 2.64. The summed E-state index contributed by atoms with van der Waals surface area (Å²) in [6.07, 6.45) is 1.98. The molecule has 0 atom stereocenters. The second-order valence-electron chi connectivity index (χ2n) is 4.51. The Hall–Kier alpha value is -0.820. The maximum Gasteiger partial charge on any atom is 0.190 e. The van der Waals surface area contributed by atoms with Crippen molar-refractivity contribution in [2.75, 3.05) is 33.9 Å². The third-order valence-corrected chi connectivity index (χ3v) is 2.87. The van der Waals surface area contributed by atoms with Crippen LogP contribution >= 0.6 is 24.0 Å². The largest absolute Gasteiger partial charge is 0.385 e. The molecular weight excluding hydrogens is 365 g/mol. The molecular formula is C15H26IN3O. The molecule has 0 aliphatic rings. The quantitative estimate of drug-likeness (QED) is 0.325. The highest BCUT2D eigenvalue weighted by molar-refractivity contribution is 14.0. The van der Waals surface area contributed by atoms with Crippen molar-refractivity contribution in [1.29, 1.82) is 0 Å². The second-order valence-corrected chi connectivity index (χ2v) is 4.51. The van der Waals surface area contributed by atoms with Gasteiger partial charge in [0.25, 0.3) is 0 Å². The van der Waals surface area contributed by atoms with Gasteiger partial charge in [-0.15, -0.1) is 24.0 Å². The van der Waals surface area contributed by atoms with Gasteiger partial charge in [0.15, 0.2) is 5.96 Å². The molecule has 0 aliphatic carbocycles. The Morgan fingerprint density at radius 2 is 1.80 bits per heavy atom. The number of halogens is 1. The molecule has 0 saturated carbocycles. The van der Waals surface area contributed by atoms with Crippen molar-refractivity contribution in [3.63, 3.8) is 0 Å². The molecule has 0 heterocycles. The molecule has 20 heavy (non-hydrogen) atoms. The number of nitrogens with one attached hydrogen (secondary N) is 2. The third-order valence-electron chi connectivity index (χ3n) is 2.87. The van der Waals surface area contributed by atoms with Gasteiger partial charge in [0, 0.05) is 33.9 Å². The second kappa shape index (κ2) is 12.0. The van der Waals surface area contributed by atoms with Crippen LogP contribution < -0.4 is 10.6 Å². The van der Waals surface area contributed by atoms with E-state index in [9.17, 15) is 0 Å². The van der Waals surface area contributed by atoms with E-state index in [0.29, 0.717) is 0 Å². The first-order valence-electron chi connectivity index (χ1n) is 6.75. The molecule has 0 bridgehead atoms. The molecule has 0 aliphatic heterocycles. The van der Waals surface area contributed by atoms with Crippen LogP contribution in [0.5, 0.6) is 0 Å². The summed E-state index contributed by atoms with van der Waals surface area (Å²) in [7, 11) is 3.51. The molecule has 1 aromatic carbocycles. The number of guanidine groups is 1. The van der Waals surface area contributed by atoms with Crippen molar-refractivity contribution in [3.8, 4) is 0 Å². The number of aliphatic imine (C=N–C) groups is 1. The predicted molar refractivity (Wildman–Crippen MR) is 96.2 cm³/mol. The van der Waals surface area contributed by atoms with Gasteiger partial charge in [-0.05, 0) is 25.3 Å². The molecule has 0 unspecified atom stereocenters. The first kappa shape index (κ1) is 19.2. The van der Waals surface area contributed by atoms with E-state index in [1.165, 1.54) is 11.1 Å². The lowest BCUT2D eigenvalue weighted by Crippen LogP contribution is -2.38. The predicted octanol–water partition coefficient (Wildman–Crippen LogP) is 2.36. The van der Waals surface area contributed by atoms with Gasteiger partial charge >= 0.3 is 0 Å². The zero-order chi connectivity index (χ0) is 13.9. The Morgan fingerprint density at radius 3 is 2.40 bits per heavy atom. The molecule has 0 aromatic heterocycles. The molecule has 4 nitrogen and oxygen atoms in total. The lowest BCUT2D eigenvalue weighted by molar-refractivity contribution is 0.195. The van der Waals surface area contributed by atoms with E-state index >= 15 is 0 Å². The zero-order valence-electron chi connectivity index (χ0n) is 12.6. The maximum absolute atomic E-state index is 5.01. The number of hydrogen-bond donors (Lipinski definition) is 2. The third kappa shape index (κ3) is 8.37. The molecule has 114 valence electrons. The number of rotatable bonds is 7. The molecule has 0 fully saturated rings. The Kier molecular flexibility index (Phi) is 11.5. The fraction of sp³-hybridized carbons (Fsp3) is 0.533. The lowest BCUT2D eigenvalue weighted by atomic mass is 10.1. The summed E-state index contributed by atoms with van der Waals surface area (Å²) in [5, 5.41) is 6.57. The Bertz CT molecular complexity index is 379. The van der Waals surface area contributed by atoms with Crippen LogP contribution in [0.2, 0.25) is 0 Å². The SMILES string of the molecule is CN=C(NCCCOC)NCCc1ccc(C)cc1.I. The minimum Gasteiger partial charge on any atom is -0.385 e. The monoisotopic (exact) mass is 391 g/mol. The van der Waals surface area contributed by atoms with Gasteiger partial charge in [0.05, 0.1) is 0 Å². The summed E-state index contributed by atoms with van der Waals surface area (Å²) >= 11 is 0. The van der Waals surface area contributed by atoms with Crippen LogP contribution in [0.4, 0.5) is 0 Å². The van der Waals surface area contributed by atoms with Gasteiger partial charge in [0.1, 0.15) is 0 Å². The van der Waals surface area contributed by atoms with Crippen molar-refractivity contribution in [1.82, 2.24) is 10.6 Å². The summed E-state index contributed by atoms with van der Waals surface area (Å²) in [5.74, 6) is 0.850. The zero-order valence-corrected chi connectivity index (χ0v) is 14.9. The number of ether oxygens (including phenoxy) is 1. The minimum absolute atomic E-state index is 0. The van der Waals surface area contributed by atoms with Crippen LogP contribution in [0.25, 0.3) is 0 Å². The van der Waals surface area contributed by atoms with Crippen LogP contribution in [0.3, 0.4) is 0 Å². The molecule has 0 spiro atoms. The maximum atomic E-state index is 5.01. The Morgan fingerprint density at radius 1 is 1.15 bits per heavy atom. The van der Waals surface area contributed by atoms with Gasteiger partial charge in [0.2, 0.25) is 0 Å². The summed E-state index contributed by atoms with van der Waals surface area (Å²) in [4.78, 5) is 4.18. The standard InChI is InChI=1S/C15H25N3O.HI/c1-13-5-7-14(8-6-13)9-11-18-15(16-2)17-10-4-12-19-3;/h5-8H,4,9-12H2,1-3H3,(H2,16,17,18);1H. The number of benzene rings is 1. The van der Waals surface area contributed by atoms with Gasteiger partial charge in [-0.2, -0.15) is 0 Å². The van der Waals surface area contributed by atoms with Crippen LogP contribution in [0, 0.1) is 6.92 Å². The lowest BCUT2D eigenvalue weighted by Gasteiger charge is -2.11. The van der Waals surface area contributed by atoms with Crippen molar-refractivity contribution >= 4 is 29.9 Å². The fourth-order valence-electron chi connectivity index (χ4n) is 1.72. The summed E-state index contributed by atoms with van der Waals surface area (Å²) in [6, 6.07) is 8.64. The smallest absolute Gasteiger partial charge is 0.190 e. The highest BCUT2D eigenvalue weighted by atomic mass is 127. The van der Waals surface area contributed by atoms with E-state index in [2.05, 4.69) is 46.8 Å². The number of nitrogens with zero attached hydrogens (tertiary/aromatic N) is 1. The molecule has 1 aromatic rings. The normalized spacial score (nSPS) is 10.8. The highest BCUT2D eigenvalue weighted by Crippen LogP contribution is 2.02. The Labute approximate surface area is 139 Å². The molecule has 0 saturated heterocycles. The van der Waals surface area contributed by atoms with Crippen LogP contribution in [0.1, 0.15) is 17.5 Å². The summed E-state index contributed by atoms with van der Waals surface area (Å²) in [6.45, 7) is 4.63. The number of hydrogen-bond acceptors (Lipinski definition) is 2. The van der Waals surface area contributed by atoms with Crippen LogP contribution in [0.15, 0.2) is 29.3 Å². The highest BCUT2D eigenvalue weighted by Gasteiger charge is 1.97. The fourth-order valence-corrected chi connectivity index (χ4v) is 1.72. The molecule has 2 N–H and O–H groups in total. The van der Waals surface area contributed by atoms with E-state index in [0.717, 1.165) is 38.5 Å². The first-order chi connectivity index (χ1) is 9.26. The topological polar surface area (TPSA) is 45.7 Å². The molecule has 0 radical (unpaired) electrons. The Balaban J connectivity index is 0.00000361. The van der Waals surface area contributed by atoms with Crippen molar-refractivity contribution in [3.05, 3.63) is 35.4 Å². The van der Waals surface area contributed by atoms with Gasteiger partial charge < -0.3 is 15.4 Å². The van der Waals surface area contributed by atoms with Gasteiger partial charge in [-0.1, -0.05) is 29.8 Å². The average Bonchev–Trinajstić information content (AvgIpc) is 2.43. The van der Waals surface area contributed by atoms with Crippen LogP contribution in [-0.4, -0.2) is 39.8 Å². The van der Waals surface area contributed by atoms with E-state index in [4.69, 9.17) is 4.74 Å². The molecule has 0 amide bonds. The first-order valence-corrected chi connectivity index (χ1v) is 6.75. The average molecular weight is 391 g/mol. The minimum atomic E-state index is 0. The van der Waals surface area contributed by atoms with E-state index in [1.54, 1.807) is 14.2 Å². The van der Waals surface area contributed by atoms with E-state index < -0.39 is 0 Å². The van der Waals surface area contributed by atoms with E-state index in [-0.39, 0.29) is 24.0 Å². The van der Waals surface area contributed by atoms with Gasteiger partial charge in [-0.25, -0.2) is 0 Å². The van der Waals surface area contributed by atoms with Crippen molar-refractivity contribution in [2.24, 2.45) is 4.99 Å². The van der Waals surface area contributed by atoms with Crippen LogP contribution in [-0.2, 0) is 11.2 Å². The van der Waals surface area contributed by atoms with Crippen molar-refractivity contribution in [2.45, 2.75) is 19.8 Å². The number of methoxy groups -OCH3 is 1. The van der Waals surface area contributed by atoms with Gasteiger partial charge in [-0.3, -0.25) is 4.99 Å². The summed E-state index contributed by atoms with van der Waals surface area (Å²) < 4.78 is 5.01. The van der Waals surface area contributed by atoms with Crippen molar-refractivity contribution < 1.29 is 4.74 Å². The molecule has 5 heteroatoms.